The molecule has 45 heavy (non-hydrogen) atoms. The average Bonchev–Trinajstić information content (AvgIpc) is 2.95. The summed E-state index contributed by atoms with van der Waals surface area (Å²) in [6, 6.07) is 10.2. The van der Waals surface area contributed by atoms with E-state index in [0.29, 0.717) is 29.1 Å². The van der Waals surface area contributed by atoms with Crippen LogP contribution < -0.4 is 20.9 Å². The summed E-state index contributed by atoms with van der Waals surface area (Å²) >= 11 is 0. The molecule has 0 atom stereocenters. The number of alkyl halides is 5. The molecule has 0 fully saturated rings. The van der Waals surface area contributed by atoms with Gasteiger partial charge in [-0.1, -0.05) is 12.1 Å². The molecule has 0 aromatic heterocycles. The Kier molecular flexibility index (Phi) is 11.6. The number of esters is 2. The zero-order valence-corrected chi connectivity index (χ0v) is 23.3. The Balaban J connectivity index is 1.45. The van der Waals surface area contributed by atoms with Crippen LogP contribution in [0.5, 0.6) is 11.5 Å². The molecule has 3 rings (SSSR count). The van der Waals surface area contributed by atoms with Crippen molar-refractivity contribution in [2.75, 3.05) is 31.3 Å². The van der Waals surface area contributed by atoms with Crippen molar-refractivity contribution in [1.82, 2.24) is 0 Å². The van der Waals surface area contributed by atoms with Gasteiger partial charge in [0.1, 0.15) is 11.3 Å². The van der Waals surface area contributed by atoms with Gasteiger partial charge in [0.05, 0.1) is 25.4 Å². The second-order valence-corrected chi connectivity index (χ2v) is 9.37. The molecule has 0 bridgehead atoms. The lowest BCUT2D eigenvalue weighted by Gasteiger charge is -2.20. The molecule has 0 radical (unpaired) electrons. The highest BCUT2D eigenvalue weighted by Crippen LogP contribution is 2.36. The number of ether oxygens (including phenoxy) is 4. The van der Waals surface area contributed by atoms with E-state index in [1.807, 2.05) is 0 Å². The van der Waals surface area contributed by atoms with Gasteiger partial charge in [-0.25, -0.2) is 14.0 Å². The van der Waals surface area contributed by atoms with Crippen molar-refractivity contribution in [2.24, 2.45) is 0 Å². The Morgan fingerprint density at radius 3 is 2.07 bits per heavy atom. The summed E-state index contributed by atoms with van der Waals surface area (Å²) in [5.41, 5.74) is 11.0. The van der Waals surface area contributed by atoms with Gasteiger partial charge in [0.2, 0.25) is 5.82 Å². The molecule has 0 aliphatic heterocycles. The number of carbonyl (C=O) groups excluding carboxylic acids is 2. The maximum atomic E-state index is 14.6. The largest absolute Gasteiger partial charge is 0.490 e. The van der Waals surface area contributed by atoms with E-state index in [-0.39, 0.29) is 25.2 Å². The first kappa shape index (κ1) is 34.5. The summed E-state index contributed by atoms with van der Waals surface area (Å²) in [5.74, 6) is -6.43. The van der Waals surface area contributed by atoms with E-state index in [2.05, 4.69) is 4.74 Å². The van der Waals surface area contributed by atoms with Crippen LogP contribution in [0.2, 0.25) is 0 Å². The van der Waals surface area contributed by atoms with Gasteiger partial charge in [-0.3, -0.25) is 0 Å². The first-order valence-electron chi connectivity index (χ1n) is 13.2. The lowest BCUT2D eigenvalue weighted by molar-refractivity contribution is -0.187. The number of nitrogens with two attached hydrogens (primary N) is 2. The van der Waals surface area contributed by atoms with Crippen LogP contribution in [0.15, 0.2) is 60.7 Å². The van der Waals surface area contributed by atoms with E-state index < -0.39 is 72.4 Å². The highest BCUT2D eigenvalue weighted by atomic mass is 19.4. The summed E-state index contributed by atoms with van der Waals surface area (Å²) < 4.78 is 114. The zero-order chi connectivity index (χ0) is 33.2. The minimum Gasteiger partial charge on any atom is -0.490 e. The van der Waals surface area contributed by atoms with Crippen molar-refractivity contribution in [3.63, 3.8) is 0 Å². The van der Waals surface area contributed by atoms with Crippen LogP contribution in [0.3, 0.4) is 0 Å². The fourth-order valence-electron chi connectivity index (χ4n) is 3.66. The van der Waals surface area contributed by atoms with Crippen molar-refractivity contribution >= 4 is 29.4 Å². The molecule has 0 heterocycles. The van der Waals surface area contributed by atoms with Gasteiger partial charge in [-0.15, -0.1) is 0 Å². The lowest BCUT2D eigenvalue weighted by atomic mass is 10.1. The number of benzene rings is 3. The molecule has 0 unspecified atom stereocenters. The molecule has 0 aliphatic rings. The van der Waals surface area contributed by atoms with Crippen LogP contribution >= 0.6 is 0 Å². The van der Waals surface area contributed by atoms with Crippen molar-refractivity contribution in [3.05, 3.63) is 89.0 Å². The van der Waals surface area contributed by atoms with Crippen molar-refractivity contribution < 1.29 is 59.3 Å². The molecule has 15 heteroatoms. The predicted molar refractivity (Wildman–Crippen MR) is 148 cm³/mol. The highest BCUT2D eigenvalue weighted by molar-refractivity contribution is 5.91. The summed E-state index contributed by atoms with van der Waals surface area (Å²) in [4.78, 5) is 23.9. The molecular weight excluding hydrogens is 617 g/mol. The van der Waals surface area contributed by atoms with Gasteiger partial charge in [0.25, 0.3) is 0 Å². The van der Waals surface area contributed by atoms with Crippen LogP contribution in [0.25, 0.3) is 6.08 Å². The standard InChI is InChI=1S/C30H27F7N2O6/c31-26-23(8-9-24(27(26)32)42-12-1-11-29(33,34)35)30(36,37)45-22-6-3-18(4-7-22)5-10-25(40)43-13-2-14-44-28(41)19-15-20(38)17-21(39)16-19/h3-10,15-17H,1-2,11-14,38-39H2/b10-5+. The Morgan fingerprint density at radius 2 is 1.42 bits per heavy atom. The fourth-order valence-corrected chi connectivity index (χ4v) is 3.66. The minimum absolute atomic E-state index is 0.0452. The van der Waals surface area contributed by atoms with E-state index in [9.17, 15) is 40.3 Å². The Hall–Kier alpha value is -4.95. The second-order valence-electron chi connectivity index (χ2n) is 9.37. The Morgan fingerprint density at radius 1 is 0.778 bits per heavy atom. The SMILES string of the molecule is Nc1cc(N)cc(C(=O)OCCCOC(=O)/C=C/c2ccc(OC(F)(F)c3ccc(OCCCC(F)(F)F)c(F)c3F)cc2)c1. The molecule has 3 aromatic rings. The van der Waals surface area contributed by atoms with E-state index in [0.717, 1.165) is 18.2 Å². The molecule has 0 saturated heterocycles. The predicted octanol–water partition coefficient (Wildman–Crippen LogP) is 6.78. The number of carbonyl (C=O) groups is 2. The quantitative estimate of drug-likeness (QED) is 0.0648. The fraction of sp³-hybridized carbons (Fsp3) is 0.267. The molecule has 8 nitrogen and oxygen atoms in total. The van der Waals surface area contributed by atoms with Crippen molar-refractivity contribution in [3.8, 4) is 11.5 Å². The average molecular weight is 645 g/mol. The molecule has 0 amide bonds. The van der Waals surface area contributed by atoms with Crippen LogP contribution in [-0.2, 0) is 20.4 Å². The van der Waals surface area contributed by atoms with Crippen LogP contribution in [0, 0.1) is 11.6 Å². The minimum atomic E-state index is -4.46. The van der Waals surface area contributed by atoms with Crippen molar-refractivity contribution in [1.29, 1.82) is 0 Å². The molecule has 4 N–H and O–H groups in total. The third-order valence-corrected chi connectivity index (χ3v) is 5.74. The van der Waals surface area contributed by atoms with Gasteiger partial charge < -0.3 is 30.4 Å². The van der Waals surface area contributed by atoms with Crippen LogP contribution in [0.1, 0.15) is 40.7 Å². The van der Waals surface area contributed by atoms with Gasteiger partial charge in [0.15, 0.2) is 11.6 Å². The Bertz CT molecular complexity index is 1490. The number of hydrogen-bond acceptors (Lipinski definition) is 8. The first-order chi connectivity index (χ1) is 21.1. The number of anilines is 2. The molecule has 0 aliphatic carbocycles. The maximum absolute atomic E-state index is 14.6. The van der Waals surface area contributed by atoms with Gasteiger partial charge >= 0.3 is 24.2 Å². The third kappa shape index (κ3) is 10.9. The van der Waals surface area contributed by atoms with E-state index in [1.165, 1.54) is 36.4 Å². The van der Waals surface area contributed by atoms with Crippen LogP contribution in [-0.4, -0.2) is 37.9 Å². The maximum Gasteiger partial charge on any atom is 0.429 e. The second kappa shape index (κ2) is 15.2. The molecule has 0 saturated carbocycles. The zero-order valence-electron chi connectivity index (χ0n) is 23.3. The number of nitrogen functional groups attached to an aromatic ring is 2. The van der Waals surface area contributed by atoms with Gasteiger partial charge in [-0.05, 0) is 60.5 Å². The molecular formula is C30H27F7N2O6. The van der Waals surface area contributed by atoms with Gasteiger partial charge in [-0.2, -0.15) is 26.3 Å². The third-order valence-electron chi connectivity index (χ3n) is 5.74. The van der Waals surface area contributed by atoms with E-state index >= 15 is 0 Å². The number of rotatable bonds is 14. The topological polar surface area (TPSA) is 123 Å². The van der Waals surface area contributed by atoms with E-state index in [4.69, 9.17) is 25.7 Å². The highest BCUT2D eigenvalue weighted by Gasteiger charge is 2.39. The smallest absolute Gasteiger partial charge is 0.429 e. The molecule has 0 spiro atoms. The number of hydrogen-bond donors (Lipinski definition) is 2. The molecule has 242 valence electrons. The summed E-state index contributed by atoms with van der Waals surface area (Å²) in [7, 11) is 0. The summed E-state index contributed by atoms with van der Waals surface area (Å²) in [6.07, 6.45) is -7.98. The van der Waals surface area contributed by atoms with Crippen molar-refractivity contribution in [2.45, 2.75) is 31.5 Å². The molecule has 3 aromatic carbocycles. The monoisotopic (exact) mass is 644 g/mol. The van der Waals surface area contributed by atoms with Crippen LogP contribution in [0.4, 0.5) is 42.1 Å². The summed E-state index contributed by atoms with van der Waals surface area (Å²) in [5, 5.41) is 0. The lowest BCUT2D eigenvalue weighted by Crippen LogP contribution is -2.24. The number of halogens is 7. The first-order valence-corrected chi connectivity index (χ1v) is 13.2. The normalized spacial score (nSPS) is 11.8. The Labute approximate surface area is 252 Å². The van der Waals surface area contributed by atoms with Gasteiger partial charge in [0, 0.05) is 30.3 Å². The summed E-state index contributed by atoms with van der Waals surface area (Å²) in [6.45, 7) is -0.726. The van der Waals surface area contributed by atoms with E-state index in [1.54, 1.807) is 0 Å².